The zero-order valence-corrected chi connectivity index (χ0v) is 14.2. The molecule has 15 heavy (non-hydrogen) atoms. The molecule has 0 saturated heterocycles. The standard InChI is InChI=1S/C11H7ClO2.Hg/c12-10-3-1-2-7-6-8(11(13)14)4-5-9(7)10;/h1-6H,(H,13,14);. The Kier molecular flexibility index (Phi) is 4.11. The van der Waals surface area contributed by atoms with E-state index < -0.39 is 5.97 Å². The van der Waals surface area contributed by atoms with Crippen molar-refractivity contribution in [3.63, 3.8) is 0 Å². The van der Waals surface area contributed by atoms with Gasteiger partial charge in [0.2, 0.25) is 0 Å². The molecule has 0 saturated carbocycles. The minimum atomic E-state index is -0.924. The molecule has 0 aliphatic carbocycles. The maximum Gasteiger partial charge on any atom is 0.335 e. The van der Waals surface area contributed by atoms with Crippen LogP contribution in [-0.4, -0.2) is 11.1 Å². The van der Waals surface area contributed by atoms with Crippen molar-refractivity contribution in [2.24, 2.45) is 0 Å². The molecule has 0 aliphatic heterocycles. The van der Waals surface area contributed by atoms with Gasteiger partial charge in [-0.1, -0.05) is 29.8 Å². The van der Waals surface area contributed by atoms with E-state index in [1.165, 1.54) is 0 Å². The van der Waals surface area contributed by atoms with Crippen LogP contribution in [0.4, 0.5) is 0 Å². The largest absolute Gasteiger partial charge is 0.478 e. The van der Waals surface area contributed by atoms with Crippen molar-refractivity contribution in [2.75, 3.05) is 0 Å². The molecule has 0 amide bonds. The van der Waals surface area contributed by atoms with Gasteiger partial charge in [-0.25, -0.2) is 4.79 Å². The third-order valence-electron chi connectivity index (χ3n) is 2.07. The van der Waals surface area contributed by atoms with Crippen molar-refractivity contribution in [1.82, 2.24) is 0 Å². The first kappa shape index (κ1) is 12.5. The summed E-state index contributed by atoms with van der Waals surface area (Å²) in [7, 11) is 0. The number of aromatic carboxylic acids is 1. The number of hydrogen-bond donors (Lipinski definition) is 1. The van der Waals surface area contributed by atoms with Crippen molar-refractivity contribution in [3.8, 4) is 0 Å². The van der Waals surface area contributed by atoms with Crippen LogP contribution in [0.15, 0.2) is 36.4 Å². The Bertz CT molecular complexity index is 511. The Labute approximate surface area is 112 Å². The van der Waals surface area contributed by atoms with Crippen molar-refractivity contribution in [3.05, 3.63) is 47.0 Å². The van der Waals surface area contributed by atoms with Crippen LogP contribution in [-0.2, 0) is 27.7 Å². The summed E-state index contributed by atoms with van der Waals surface area (Å²) in [5.74, 6) is -0.924. The normalized spacial score (nSPS) is 9.67. The zero-order valence-electron chi connectivity index (χ0n) is 7.90. The predicted octanol–water partition coefficient (Wildman–Crippen LogP) is 3.19. The number of carbonyl (C=O) groups is 1. The number of carboxylic acid groups (broad SMARTS) is 1. The van der Waals surface area contributed by atoms with E-state index in [2.05, 4.69) is 0 Å². The van der Waals surface area contributed by atoms with Gasteiger partial charge in [-0.05, 0) is 23.6 Å². The molecule has 4 heteroatoms. The molecule has 0 aliphatic rings. The Morgan fingerprint density at radius 1 is 1.20 bits per heavy atom. The van der Waals surface area contributed by atoms with E-state index >= 15 is 0 Å². The summed E-state index contributed by atoms with van der Waals surface area (Å²) in [6.45, 7) is 0. The van der Waals surface area contributed by atoms with Crippen molar-refractivity contribution >= 4 is 28.3 Å². The van der Waals surface area contributed by atoms with E-state index in [1.807, 2.05) is 6.07 Å². The Balaban J connectivity index is 0.00000112. The molecule has 2 nitrogen and oxygen atoms in total. The molecule has 0 aromatic heterocycles. The molecule has 0 heterocycles. The number of benzene rings is 2. The van der Waals surface area contributed by atoms with Crippen LogP contribution >= 0.6 is 11.6 Å². The monoisotopic (exact) mass is 408 g/mol. The van der Waals surface area contributed by atoms with Gasteiger partial charge in [-0.15, -0.1) is 0 Å². The molecule has 2 aromatic carbocycles. The van der Waals surface area contributed by atoms with E-state index in [-0.39, 0.29) is 33.2 Å². The van der Waals surface area contributed by atoms with Gasteiger partial charge in [-0.3, -0.25) is 0 Å². The second-order valence-corrected chi connectivity index (χ2v) is 3.39. The van der Waals surface area contributed by atoms with Gasteiger partial charge >= 0.3 is 5.97 Å². The summed E-state index contributed by atoms with van der Waals surface area (Å²) in [4.78, 5) is 10.7. The van der Waals surface area contributed by atoms with Crippen LogP contribution in [0, 0.1) is 0 Å². The Morgan fingerprint density at radius 2 is 1.93 bits per heavy atom. The minimum Gasteiger partial charge on any atom is -0.478 e. The first-order valence-electron chi connectivity index (χ1n) is 4.10. The van der Waals surface area contributed by atoms with Crippen LogP contribution in [0.1, 0.15) is 10.4 Å². The fourth-order valence-electron chi connectivity index (χ4n) is 1.38. The minimum absolute atomic E-state index is 0. The van der Waals surface area contributed by atoms with E-state index in [9.17, 15) is 4.79 Å². The molecule has 0 spiro atoms. The number of halogens is 1. The summed E-state index contributed by atoms with van der Waals surface area (Å²) in [6, 6.07) is 10.3. The van der Waals surface area contributed by atoms with Gasteiger partial charge in [0.05, 0.1) is 5.56 Å². The topological polar surface area (TPSA) is 37.3 Å². The van der Waals surface area contributed by atoms with Crippen LogP contribution in [0.25, 0.3) is 10.8 Å². The van der Waals surface area contributed by atoms with Crippen LogP contribution in [0.3, 0.4) is 0 Å². The maximum atomic E-state index is 10.7. The van der Waals surface area contributed by atoms with Gasteiger partial charge in [0.1, 0.15) is 0 Å². The van der Waals surface area contributed by atoms with E-state index in [1.54, 1.807) is 30.3 Å². The Hall–Kier alpha value is -0.605. The third kappa shape index (κ3) is 2.50. The SMILES string of the molecule is O=C(O)c1ccc2c(Cl)cccc2c1.[Hg]. The van der Waals surface area contributed by atoms with Gasteiger partial charge in [0.25, 0.3) is 0 Å². The van der Waals surface area contributed by atoms with Gasteiger partial charge < -0.3 is 5.11 Å². The van der Waals surface area contributed by atoms with E-state index in [4.69, 9.17) is 16.7 Å². The maximum absolute atomic E-state index is 10.7. The number of fused-ring (bicyclic) bond motifs is 1. The number of hydrogen-bond acceptors (Lipinski definition) is 1. The van der Waals surface area contributed by atoms with Crippen LogP contribution < -0.4 is 0 Å². The van der Waals surface area contributed by atoms with Crippen molar-refractivity contribution in [1.29, 1.82) is 0 Å². The third-order valence-corrected chi connectivity index (χ3v) is 2.40. The molecule has 72 valence electrons. The summed E-state index contributed by atoms with van der Waals surface area (Å²) in [6.07, 6.45) is 0. The average molecular weight is 407 g/mol. The fourth-order valence-corrected chi connectivity index (χ4v) is 1.62. The smallest absolute Gasteiger partial charge is 0.335 e. The first-order valence-corrected chi connectivity index (χ1v) is 4.48. The van der Waals surface area contributed by atoms with Crippen LogP contribution in [0.5, 0.6) is 0 Å². The molecule has 0 atom stereocenters. The van der Waals surface area contributed by atoms with E-state index in [0.717, 1.165) is 10.8 Å². The fraction of sp³-hybridized carbons (Fsp3) is 0. The molecule has 0 unspecified atom stereocenters. The van der Waals surface area contributed by atoms with Gasteiger partial charge in [0, 0.05) is 38.1 Å². The number of rotatable bonds is 1. The molecular formula is C11H7ClHgO2. The van der Waals surface area contributed by atoms with Crippen molar-refractivity contribution < 1.29 is 37.6 Å². The summed E-state index contributed by atoms with van der Waals surface area (Å²) < 4.78 is 0. The van der Waals surface area contributed by atoms with Crippen LogP contribution in [0.2, 0.25) is 5.02 Å². The molecule has 1 N–H and O–H groups in total. The second-order valence-electron chi connectivity index (χ2n) is 2.98. The molecule has 0 radical (unpaired) electrons. The zero-order chi connectivity index (χ0) is 10.1. The van der Waals surface area contributed by atoms with Gasteiger partial charge in [-0.2, -0.15) is 0 Å². The van der Waals surface area contributed by atoms with Crippen molar-refractivity contribution in [2.45, 2.75) is 0 Å². The number of carboxylic acids is 1. The predicted molar refractivity (Wildman–Crippen MR) is 55.9 cm³/mol. The van der Waals surface area contributed by atoms with E-state index in [0.29, 0.717) is 5.02 Å². The molecule has 2 aromatic rings. The first-order chi connectivity index (χ1) is 6.68. The summed E-state index contributed by atoms with van der Waals surface area (Å²) in [5, 5.41) is 11.1. The Morgan fingerprint density at radius 3 is 2.60 bits per heavy atom. The van der Waals surface area contributed by atoms with Gasteiger partial charge in [0.15, 0.2) is 0 Å². The summed E-state index contributed by atoms with van der Waals surface area (Å²) in [5.41, 5.74) is 0.278. The average Bonchev–Trinajstić information content (AvgIpc) is 2.17. The molecule has 0 bridgehead atoms. The second kappa shape index (κ2) is 4.95. The quantitative estimate of drug-likeness (QED) is 0.738. The molecule has 2 rings (SSSR count). The molecule has 0 fully saturated rings. The summed E-state index contributed by atoms with van der Waals surface area (Å²) >= 11 is 5.94. The molecular weight excluding hydrogens is 400 g/mol.